The number of fused-ring (bicyclic) bond motifs is 1. The fourth-order valence-corrected chi connectivity index (χ4v) is 4.90. The number of urea groups is 1. The molecule has 3 aromatic carbocycles. The van der Waals surface area contributed by atoms with Gasteiger partial charge < -0.3 is 25.6 Å². The van der Waals surface area contributed by atoms with Crippen molar-refractivity contribution in [2.75, 3.05) is 47.2 Å². The normalized spacial score (nSPS) is 13.0. The number of nitrogens with zero attached hydrogens (tertiary/aromatic N) is 4. The number of carbonyl (C=O) groups is 2. The third-order valence-electron chi connectivity index (χ3n) is 6.99. The number of rotatable bonds is 6. The van der Waals surface area contributed by atoms with Crippen LogP contribution in [0.1, 0.15) is 6.92 Å². The number of pyridine rings is 1. The van der Waals surface area contributed by atoms with E-state index in [1.54, 1.807) is 54.9 Å². The summed E-state index contributed by atoms with van der Waals surface area (Å²) in [5, 5.41) is 8.25. The van der Waals surface area contributed by atoms with Crippen LogP contribution in [-0.4, -0.2) is 53.2 Å². The molecule has 0 aliphatic carbocycles. The van der Waals surface area contributed by atoms with Crippen LogP contribution in [0, 0.1) is 11.6 Å². The first-order valence-corrected chi connectivity index (χ1v) is 13.8. The van der Waals surface area contributed by atoms with Crippen LogP contribution in [0.2, 0.25) is 0 Å². The second-order valence-electron chi connectivity index (χ2n) is 10.1. The Morgan fingerprint density at radius 3 is 2.30 bits per heavy atom. The number of hydrogen-bond acceptors (Lipinski definition) is 7. The predicted molar refractivity (Wildman–Crippen MR) is 165 cm³/mol. The lowest BCUT2D eigenvalue weighted by atomic mass is 10.0. The molecule has 1 aliphatic rings. The highest BCUT2D eigenvalue weighted by atomic mass is 19.1. The number of halogens is 2. The average molecular weight is 596 g/mol. The molecular weight excluding hydrogens is 568 g/mol. The van der Waals surface area contributed by atoms with Crippen molar-refractivity contribution >= 4 is 45.7 Å². The van der Waals surface area contributed by atoms with Gasteiger partial charge in [-0.3, -0.25) is 9.78 Å². The molecule has 5 aromatic rings. The summed E-state index contributed by atoms with van der Waals surface area (Å²) in [6, 6.07) is 17.0. The minimum atomic E-state index is -0.676. The number of nitrogens with one attached hydrogen (secondary N) is 3. The van der Waals surface area contributed by atoms with Crippen LogP contribution in [0.15, 0.2) is 79.1 Å². The van der Waals surface area contributed by atoms with E-state index in [0.29, 0.717) is 71.2 Å². The minimum Gasteiger partial charge on any atom is -0.378 e. The van der Waals surface area contributed by atoms with Crippen molar-refractivity contribution in [1.82, 2.24) is 15.0 Å². The molecular formula is C32H27F2N7O3. The number of carbonyl (C=O) groups excluding carboxylic acids is 2. The van der Waals surface area contributed by atoms with Crippen molar-refractivity contribution in [2.24, 2.45) is 0 Å². The largest absolute Gasteiger partial charge is 0.378 e. The first-order valence-electron chi connectivity index (χ1n) is 13.8. The zero-order valence-corrected chi connectivity index (χ0v) is 23.6. The number of benzene rings is 3. The van der Waals surface area contributed by atoms with Crippen molar-refractivity contribution in [3.05, 3.63) is 90.8 Å². The first kappa shape index (κ1) is 28.6. The smallest absolute Gasteiger partial charge is 0.323 e. The molecule has 0 bridgehead atoms. The molecule has 3 heterocycles. The molecule has 6 rings (SSSR count). The molecule has 12 heteroatoms. The molecule has 222 valence electrons. The van der Waals surface area contributed by atoms with E-state index in [0.717, 1.165) is 6.07 Å². The Morgan fingerprint density at radius 2 is 1.59 bits per heavy atom. The monoisotopic (exact) mass is 595 g/mol. The summed E-state index contributed by atoms with van der Waals surface area (Å²) in [5.74, 6) is -0.418. The Hall–Kier alpha value is -5.49. The van der Waals surface area contributed by atoms with Crippen LogP contribution in [-0.2, 0) is 9.53 Å². The van der Waals surface area contributed by atoms with Crippen LogP contribution in [0.5, 0.6) is 0 Å². The molecule has 3 N–H and O–H groups in total. The molecule has 0 unspecified atom stereocenters. The molecule has 1 saturated heterocycles. The van der Waals surface area contributed by atoms with Gasteiger partial charge in [-0.1, -0.05) is 6.07 Å². The van der Waals surface area contributed by atoms with E-state index in [1.165, 1.54) is 25.1 Å². The number of ether oxygens (including phenoxy) is 1. The van der Waals surface area contributed by atoms with Crippen LogP contribution in [0.25, 0.3) is 33.4 Å². The molecule has 44 heavy (non-hydrogen) atoms. The summed E-state index contributed by atoms with van der Waals surface area (Å²) >= 11 is 0. The summed E-state index contributed by atoms with van der Waals surface area (Å²) in [6.45, 7) is 3.56. The molecule has 0 spiro atoms. The van der Waals surface area contributed by atoms with Gasteiger partial charge in [0, 0.05) is 65.9 Å². The zero-order chi connectivity index (χ0) is 30.6. The summed E-state index contributed by atoms with van der Waals surface area (Å²) in [6.07, 6.45) is 3.24. The van der Waals surface area contributed by atoms with Crippen molar-refractivity contribution in [1.29, 1.82) is 0 Å². The predicted octanol–water partition coefficient (Wildman–Crippen LogP) is 6.08. The lowest BCUT2D eigenvalue weighted by Crippen LogP contribution is -2.37. The molecule has 0 saturated carbocycles. The van der Waals surface area contributed by atoms with E-state index in [4.69, 9.17) is 14.7 Å². The Morgan fingerprint density at radius 1 is 0.841 bits per heavy atom. The number of anilines is 4. The van der Waals surface area contributed by atoms with E-state index in [9.17, 15) is 14.0 Å². The van der Waals surface area contributed by atoms with E-state index in [1.807, 2.05) is 0 Å². The Labute approximate surface area is 251 Å². The molecule has 1 aliphatic heterocycles. The fraction of sp³-hybridized carbons (Fsp3) is 0.156. The zero-order valence-electron chi connectivity index (χ0n) is 23.6. The number of amides is 3. The van der Waals surface area contributed by atoms with Crippen molar-refractivity contribution < 1.29 is 23.1 Å². The van der Waals surface area contributed by atoms with Gasteiger partial charge in [-0.25, -0.2) is 23.5 Å². The fourth-order valence-electron chi connectivity index (χ4n) is 4.90. The summed E-state index contributed by atoms with van der Waals surface area (Å²) in [4.78, 5) is 39.6. The van der Waals surface area contributed by atoms with Gasteiger partial charge in [-0.15, -0.1) is 0 Å². The first-order chi connectivity index (χ1) is 21.3. The third kappa shape index (κ3) is 6.30. The van der Waals surface area contributed by atoms with Crippen molar-refractivity contribution in [3.63, 3.8) is 0 Å². The number of aromatic nitrogens is 3. The van der Waals surface area contributed by atoms with Crippen LogP contribution < -0.4 is 20.9 Å². The van der Waals surface area contributed by atoms with Gasteiger partial charge in [-0.2, -0.15) is 0 Å². The van der Waals surface area contributed by atoms with E-state index < -0.39 is 23.6 Å². The second kappa shape index (κ2) is 12.4. The van der Waals surface area contributed by atoms with Crippen molar-refractivity contribution in [2.45, 2.75) is 6.92 Å². The highest BCUT2D eigenvalue weighted by molar-refractivity contribution is 6.00. The average Bonchev–Trinajstić information content (AvgIpc) is 3.02. The van der Waals surface area contributed by atoms with Gasteiger partial charge in [0.25, 0.3) is 0 Å². The topological polar surface area (TPSA) is 121 Å². The van der Waals surface area contributed by atoms with E-state index in [-0.39, 0.29) is 11.4 Å². The standard InChI is InChI=1S/C32H27F2N7O3/c1-19(42)36-28-9-8-23(15-27(28)34)38-32(43)37-22-6-4-20(5-7-22)30-39-29-17-24(21-3-2-10-35-18-21)26(33)16-25(29)31(40-30)41-11-13-44-14-12-41/h2-10,15-18H,11-14H2,1H3,(H,36,42)(H2,37,38,43). The van der Waals surface area contributed by atoms with Crippen LogP contribution in [0.3, 0.4) is 0 Å². The van der Waals surface area contributed by atoms with Crippen LogP contribution >= 0.6 is 0 Å². The summed E-state index contributed by atoms with van der Waals surface area (Å²) < 4.78 is 35.1. The minimum absolute atomic E-state index is 0.0187. The highest BCUT2D eigenvalue weighted by Gasteiger charge is 2.20. The lowest BCUT2D eigenvalue weighted by Gasteiger charge is -2.29. The third-order valence-corrected chi connectivity index (χ3v) is 6.99. The summed E-state index contributed by atoms with van der Waals surface area (Å²) in [5.41, 5.74) is 3.01. The van der Waals surface area contributed by atoms with Gasteiger partial charge in [0.05, 0.1) is 24.4 Å². The molecule has 2 aromatic heterocycles. The van der Waals surface area contributed by atoms with Gasteiger partial charge in [0.2, 0.25) is 5.91 Å². The molecule has 0 radical (unpaired) electrons. The molecule has 10 nitrogen and oxygen atoms in total. The quantitative estimate of drug-likeness (QED) is 0.218. The SMILES string of the molecule is CC(=O)Nc1ccc(NC(=O)Nc2ccc(-c3nc(N4CCOCC4)c4cc(F)c(-c5cccnc5)cc4n3)cc2)cc1F. The van der Waals surface area contributed by atoms with E-state index in [2.05, 4.69) is 25.8 Å². The number of morpholine rings is 1. The molecule has 3 amide bonds. The highest BCUT2D eigenvalue weighted by Crippen LogP contribution is 2.33. The van der Waals surface area contributed by atoms with Crippen molar-refractivity contribution in [3.8, 4) is 22.5 Å². The Kier molecular flexibility index (Phi) is 8.06. The Balaban J connectivity index is 1.26. The van der Waals surface area contributed by atoms with Gasteiger partial charge in [0.15, 0.2) is 5.82 Å². The van der Waals surface area contributed by atoms with Gasteiger partial charge in [0.1, 0.15) is 17.5 Å². The lowest BCUT2D eigenvalue weighted by molar-refractivity contribution is -0.114. The number of hydrogen-bond donors (Lipinski definition) is 3. The van der Waals surface area contributed by atoms with Crippen LogP contribution in [0.4, 0.5) is 36.5 Å². The van der Waals surface area contributed by atoms with Gasteiger partial charge in [-0.05, 0) is 60.7 Å². The maximum absolute atomic E-state index is 15.3. The molecule has 0 atom stereocenters. The summed E-state index contributed by atoms with van der Waals surface area (Å²) in [7, 11) is 0. The van der Waals surface area contributed by atoms with Gasteiger partial charge >= 0.3 is 6.03 Å². The maximum atomic E-state index is 15.3. The van der Waals surface area contributed by atoms with E-state index >= 15 is 4.39 Å². The maximum Gasteiger partial charge on any atom is 0.323 e. The second-order valence-corrected chi connectivity index (χ2v) is 10.1. The molecule has 1 fully saturated rings. The Bertz CT molecular complexity index is 1850.